The minimum atomic E-state index is -0.395. The highest BCUT2D eigenvalue weighted by Gasteiger charge is 2.17. The number of amides is 1. The molecule has 2 aromatic carbocycles. The second-order valence-corrected chi connectivity index (χ2v) is 8.51. The number of hydrogen-bond donors (Lipinski definition) is 2. The van der Waals surface area contributed by atoms with E-state index in [1.54, 1.807) is 18.0 Å². The van der Waals surface area contributed by atoms with Crippen LogP contribution in [0.25, 0.3) is 11.1 Å². The highest BCUT2D eigenvalue weighted by molar-refractivity contribution is 7.99. The first-order chi connectivity index (χ1) is 14.2. The molecule has 0 aliphatic heterocycles. The molecule has 1 heterocycles. The van der Waals surface area contributed by atoms with Gasteiger partial charge in [0.1, 0.15) is 0 Å². The van der Waals surface area contributed by atoms with E-state index in [0.29, 0.717) is 11.6 Å². The number of primary amides is 1. The number of nitrogens with zero attached hydrogens (tertiary/aromatic N) is 1. The molecule has 0 saturated heterocycles. The molecule has 4 nitrogen and oxygen atoms in total. The van der Waals surface area contributed by atoms with Crippen molar-refractivity contribution < 1.29 is 4.79 Å². The van der Waals surface area contributed by atoms with E-state index in [4.69, 9.17) is 5.73 Å². The van der Waals surface area contributed by atoms with Crippen molar-refractivity contribution in [1.29, 1.82) is 0 Å². The van der Waals surface area contributed by atoms with Crippen LogP contribution in [0.3, 0.4) is 0 Å². The van der Waals surface area contributed by atoms with E-state index in [0.717, 1.165) is 39.4 Å². The van der Waals surface area contributed by atoms with Crippen LogP contribution in [0.1, 0.15) is 42.5 Å². The Hall–Kier alpha value is -2.79. The Morgan fingerprint density at radius 2 is 1.86 bits per heavy atom. The van der Waals surface area contributed by atoms with E-state index in [1.807, 2.05) is 36.5 Å². The summed E-state index contributed by atoms with van der Waals surface area (Å²) in [7, 11) is 0. The Kier molecular flexibility index (Phi) is 6.15. The fourth-order valence-electron chi connectivity index (χ4n) is 3.84. The number of pyridine rings is 1. The largest absolute Gasteiger partial charge is 0.382 e. The molecule has 4 rings (SSSR count). The van der Waals surface area contributed by atoms with Crippen LogP contribution in [0.15, 0.2) is 76.8 Å². The maximum Gasteiger partial charge on any atom is 0.250 e. The van der Waals surface area contributed by atoms with Crippen LogP contribution < -0.4 is 11.1 Å². The first-order valence-electron chi connectivity index (χ1n) is 10.1. The smallest absolute Gasteiger partial charge is 0.250 e. The molecule has 1 saturated carbocycles. The average molecular weight is 404 g/mol. The summed E-state index contributed by atoms with van der Waals surface area (Å²) in [5.74, 6) is -0.395. The summed E-state index contributed by atoms with van der Waals surface area (Å²) < 4.78 is 0. The van der Waals surface area contributed by atoms with Gasteiger partial charge in [-0.05, 0) is 54.3 Å². The quantitative estimate of drug-likeness (QED) is 0.550. The lowest BCUT2D eigenvalue weighted by atomic mass is 9.94. The van der Waals surface area contributed by atoms with E-state index >= 15 is 0 Å². The van der Waals surface area contributed by atoms with Gasteiger partial charge in [0, 0.05) is 33.9 Å². The number of anilines is 1. The van der Waals surface area contributed by atoms with E-state index < -0.39 is 5.91 Å². The van der Waals surface area contributed by atoms with Crippen LogP contribution in [-0.2, 0) is 0 Å². The van der Waals surface area contributed by atoms with Gasteiger partial charge in [-0.2, -0.15) is 0 Å². The number of aromatic nitrogens is 1. The van der Waals surface area contributed by atoms with Crippen LogP contribution in [0.2, 0.25) is 0 Å². The van der Waals surface area contributed by atoms with Crippen molar-refractivity contribution in [1.82, 2.24) is 4.98 Å². The first-order valence-corrected chi connectivity index (χ1v) is 10.9. The predicted molar refractivity (Wildman–Crippen MR) is 119 cm³/mol. The number of carbonyl (C=O) groups is 1. The second-order valence-electron chi connectivity index (χ2n) is 7.39. The van der Waals surface area contributed by atoms with Gasteiger partial charge in [-0.15, -0.1) is 0 Å². The summed E-state index contributed by atoms with van der Waals surface area (Å²) in [4.78, 5) is 18.4. The predicted octanol–water partition coefficient (Wildman–Crippen LogP) is 5.74. The van der Waals surface area contributed by atoms with Crippen LogP contribution in [0, 0.1) is 0 Å². The van der Waals surface area contributed by atoms with Crippen LogP contribution in [0.5, 0.6) is 0 Å². The summed E-state index contributed by atoms with van der Waals surface area (Å²) in [6, 6.07) is 18.6. The van der Waals surface area contributed by atoms with E-state index in [-0.39, 0.29) is 0 Å². The molecule has 0 atom stereocenters. The Morgan fingerprint density at radius 1 is 1.03 bits per heavy atom. The lowest BCUT2D eigenvalue weighted by Gasteiger charge is -2.25. The minimum Gasteiger partial charge on any atom is -0.382 e. The Morgan fingerprint density at radius 3 is 2.62 bits per heavy atom. The summed E-state index contributed by atoms with van der Waals surface area (Å²) >= 11 is 1.69. The molecule has 1 fully saturated rings. The lowest BCUT2D eigenvalue weighted by molar-refractivity contribution is 0.100. The molecule has 1 aliphatic carbocycles. The highest BCUT2D eigenvalue weighted by atomic mass is 32.2. The van der Waals surface area contributed by atoms with E-state index in [9.17, 15) is 4.79 Å². The molecule has 0 radical (unpaired) electrons. The summed E-state index contributed by atoms with van der Waals surface area (Å²) in [5, 5.41) is 3.59. The molecule has 1 amide bonds. The van der Waals surface area contributed by atoms with Crippen molar-refractivity contribution in [2.24, 2.45) is 5.73 Å². The zero-order valence-corrected chi connectivity index (χ0v) is 17.1. The first kappa shape index (κ1) is 19.5. The molecular formula is C24H25N3OS. The molecule has 1 aliphatic rings. The lowest BCUT2D eigenvalue weighted by Crippen LogP contribution is -2.24. The molecule has 1 aromatic heterocycles. The monoisotopic (exact) mass is 403 g/mol. The van der Waals surface area contributed by atoms with Gasteiger partial charge in [0.05, 0.1) is 5.56 Å². The van der Waals surface area contributed by atoms with Crippen LogP contribution >= 0.6 is 11.8 Å². The number of hydrogen-bond acceptors (Lipinski definition) is 4. The summed E-state index contributed by atoms with van der Waals surface area (Å²) in [5.41, 5.74) is 9.24. The molecule has 29 heavy (non-hydrogen) atoms. The molecule has 3 aromatic rings. The second kappa shape index (κ2) is 9.14. The van der Waals surface area contributed by atoms with Crippen molar-refractivity contribution in [2.75, 3.05) is 5.32 Å². The summed E-state index contributed by atoms with van der Waals surface area (Å²) in [6.45, 7) is 0. The Balaban J connectivity index is 1.68. The van der Waals surface area contributed by atoms with Crippen molar-refractivity contribution in [3.8, 4) is 11.1 Å². The number of nitrogens with two attached hydrogens (primary N) is 1. The van der Waals surface area contributed by atoms with Crippen LogP contribution in [-0.4, -0.2) is 16.9 Å². The molecule has 0 bridgehead atoms. The Bertz CT molecular complexity index is 984. The van der Waals surface area contributed by atoms with Crippen molar-refractivity contribution in [3.05, 3.63) is 72.6 Å². The third-order valence-electron chi connectivity index (χ3n) is 5.31. The van der Waals surface area contributed by atoms with Crippen LogP contribution in [0.4, 0.5) is 5.69 Å². The van der Waals surface area contributed by atoms with Gasteiger partial charge in [0.15, 0.2) is 0 Å². The number of nitrogens with one attached hydrogen (secondary N) is 1. The summed E-state index contributed by atoms with van der Waals surface area (Å²) in [6.07, 6.45) is 9.67. The normalized spacial score (nSPS) is 14.5. The molecule has 148 valence electrons. The number of benzene rings is 2. The van der Waals surface area contributed by atoms with E-state index in [2.05, 4.69) is 34.6 Å². The topological polar surface area (TPSA) is 68.0 Å². The van der Waals surface area contributed by atoms with Crippen molar-refractivity contribution >= 4 is 23.4 Å². The fourth-order valence-corrected chi connectivity index (χ4v) is 4.80. The SMILES string of the molecule is NC(=O)c1ccc(-c2ccccc2Sc2cccnc2)cc1NC1CCCCC1. The van der Waals surface area contributed by atoms with Gasteiger partial charge in [-0.3, -0.25) is 9.78 Å². The zero-order chi connectivity index (χ0) is 20.1. The molecular weight excluding hydrogens is 378 g/mol. The number of carbonyl (C=O) groups excluding carboxylic acids is 1. The fraction of sp³-hybridized carbons (Fsp3) is 0.250. The number of rotatable bonds is 6. The van der Waals surface area contributed by atoms with Crippen molar-refractivity contribution in [3.63, 3.8) is 0 Å². The van der Waals surface area contributed by atoms with Gasteiger partial charge in [-0.1, -0.05) is 55.3 Å². The highest BCUT2D eigenvalue weighted by Crippen LogP contribution is 2.37. The Labute approximate surface area is 175 Å². The maximum absolute atomic E-state index is 12.0. The average Bonchev–Trinajstić information content (AvgIpc) is 2.75. The van der Waals surface area contributed by atoms with Gasteiger partial charge in [0.25, 0.3) is 5.91 Å². The molecule has 0 spiro atoms. The van der Waals surface area contributed by atoms with Gasteiger partial charge >= 0.3 is 0 Å². The van der Waals surface area contributed by atoms with Gasteiger partial charge in [-0.25, -0.2) is 0 Å². The zero-order valence-electron chi connectivity index (χ0n) is 16.3. The standard InChI is InChI=1S/C24H25N3OS/c25-24(28)21-13-12-17(15-22(21)27-18-7-2-1-3-8-18)20-10-4-5-11-23(20)29-19-9-6-14-26-16-19/h4-6,9-16,18,27H,1-3,7-8H2,(H2,25,28). The maximum atomic E-state index is 12.0. The molecule has 0 unspecified atom stereocenters. The van der Waals surface area contributed by atoms with E-state index in [1.165, 1.54) is 19.3 Å². The minimum absolute atomic E-state index is 0.395. The molecule has 5 heteroatoms. The third-order valence-corrected chi connectivity index (χ3v) is 6.36. The van der Waals surface area contributed by atoms with Gasteiger partial charge < -0.3 is 11.1 Å². The molecule has 3 N–H and O–H groups in total. The van der Waals surface area contributed by atoms with Crippen molar-refractivity contribution in [2.45, 2.75) is 47.9 Å². The van der Waals surface area contributed by atoms with Gasteiger partial charge in [0.2, 0.25) is 0 Å². The third kappa shape index (κ3) is 4.80.